The summed E-state index contributed by atoms with van der Waals surface area (Å²) in [7, 11) is 0. The zero-order chi connectivity index (χ0) is 12.0. The van der Waals surface area contributed by atoms with E-state index in [9.17, 15) is 14.7 Å². The van der Waals surface area contributed by atoms with Gasteiger partial charge in [0.25, 0.3) is 0 Å². The van der Waals surface area contributed by atoms with Crippen LogP contribution >= 0.6 is 0 Å². The third kappa shape index (κ3) is 4.59. The summed E-state index contributed by atoms with van der Waals surface area (Å²) in [6.07, 6.45) is 1.18. The number of carbonyl (C=O) groups is 2. The van der Waals surface area contributed by atoms with Crippen molar-refractivity contribution >= 4 is 11.9 Å². The van der Waals surface area contributed by atoms with Gasteiger partial charge in [0.05, 0.1) is 12.6 Å². The van der Waals surface area contributed by atoms with Crippen LogP contribution in [0.3, 0.4) is 0 Å². The molecule has 0 radical (unpaired) electrons. The highest BCUT2D eigenvalue weighted by Crippen LogP contribution is 2.07. The fourth-order valence-electron chi connectivity index (χ4n) is 1.61. The molecule has 1 aliphatic rings. The number of likely N-dealkylation sites (tertiary alicyclic amines) is 1. The van der Waals surface area contributed by atoms with Gasteiger partial charge in [-0.15, -0.1) is 0 Å². The van der Waals surface area contributed by atoms with Crippen LogP contribution in [0.5, 0.6) is 0 Å². The lowest BCUT2D eigenvalue weighted by atomic mass is 10.3. The summed E-state index contributed by atoms with van der Waals surface area (Å²) in [5, 5.41) is 14.1. The van der Waals surface area contributed by atoms with E-state index in [0.29, 0.717) is 26.1 Å². The van der Waals surface area contributed by atoms with Crippen molar-refractivity contribution in [3.8, 4) is 0 Å². The van der Waals surface area contributed by atoms with E-state index in [4.69, 9.17) is 0 Å². The van der Waals surface area contributed by atoms with Crippen LogP contribution in [0.25, 0.3) is 0 Å². The highest BCUT2D eigenvalue weighted by Gasteiger charge is 2.22. The number of aliphatic hydroxyl groups is 1. The van der Waals surface area contributed by atoms with Gasteiger partial charge in [-0.25, -0.2) is 4.79 Å². The van der Waals surface area contributed by atoms with E-state index >= 15 is 0 Å². The number of β-amino-alcohol motifs (C(OH)–C–C–N with tert-alkyl or cyclic N) is 1. The van der Waals surface area contributed by atoms with E-state index in [1.807, 2.05) is 11.8 Å². The van der Waals surface area contributed by atoms with Crippen LogP contribution in [-0.4, -0.2) is 54.2 Å². The smallest absolute Gasteiger partial charge is 0.321 e. The zero-order valence-electron chi connectivity index (χ0n) is 9.53. The molecule has 1 heterocycles. The lowest BCUT2D eigenvalue weighted by Crippen LogP contribution is -2.44. The second-order valence-electron chi connectivity index (χ2n) is 3.98. The number of aliphatic hydroxyl groups excluding tert-OH is 1. The van der Waals surface area contributed by atoms with E-state index in [1.54, 1.807) is 0 Å². The molecule has 0 saturated carbocycles. The van der Waals surface area contributed by atoms with Crippen LogP contribution in [-0.2, 0) is 4.79 Å². The third-order valence-corrected chi connectivity index (χ3v) is 2.40. The number of amides is 3. The van der Waals surface area contributed by atoms with Gasteiger partial charge in [0.2, 0.25) is 5.91 Å². The van der Waals surface area contributed by atoms with Crippen molar-refractivity contribution in [2.75, 3.05) is 26.2 Å². The second kappa shape index (κ2) is 6.44. The molecule has 0 aromatic rings. The first-order valence-corrected chi connectivity index (χ1v) is 5.60. The average molecular weight is 229 g/mol. The minimum absolute atomic E-state index is 0.163. The summed E-state index contributed by atoms with van der Waals surface area (Å²) in [5.41, 5.74) is 0. The highest BCUT2D eigenvalue weighted by molar-refractivity contribution is 5.95. The number of hydrogen-bond donors (Lipinski definition) is 3. The van der Waals surface area contributed by atoms with E-state index < -0.39 is 6.03 Å². The van der Waals surface area contributed by atoms with Crippen LogP contribution in [0.4, 0.5) is 4.79 Å². The molecule has 1 rings (SSSR count). The predicted octanol–water partition coefficient (Wildman–Crippen LogP) is -0.711. The molecule has 6 nitrogen and oxygen atoms in total. The molecule has 1 aliphatic heterocycles. The lowest BCUT2D eigenvalue weighted by Gasteiger charge is -2.13. The Morgan fingerprint density at radius 3 is 2.81 bits per heavy atom. The Bertz CT molecular complexity index is 258. The maximum atomic E-state index is 11.4. The van der Waals surface area contributed by atoms with E-state index in [-0.39, 0.29) is 18.6 Å². The molecule has 1 fully saturated rings. The van der Waals surface area contributed by atoms with Crippen molar-refractivity contribution in [1.82, 2.24) is 15.5 Å². The van der Waals surface area contributed by atoms with Gasteiger partial charge in [0.1, 0.15) is 0 Å². The molecule has 1 saturated heterocycles. The van der Waals surface area contributed by atoms with Crippen molar-refractivity contribution in [2.45, 2.75) is 25.9 Å². The van der Waals surface area contributed by atoms with Crippen molar-refractivity contribution in [2.24, 2.45) is 0 Å². The molecule has 1 unspecified atom stereocenters. The van der Waals surface area contributed by atoms with Crippen molar-refractivity contribution in [3.05, 3.63) is 0 Å². The summed E-state index contributed by atoms with van der Waals surface area (Å²) in [5.74, 6) is -0.331. The van der Waals surface area contributed by atoms with Gasteiger partial charge >= 0.3 is 6.03 Å². The van der Waals surface area contributed by atoms with Gasteiger partial charge in [0, 0.05) is 19.6 Å². The largest absolute Gasteiger partial charge is 0.392 e. The number of nitrogens with one attached hydrogen (secondary N) is 2. The first-order chi connectivity index (χ1) is 7.61. The molecule has 16 heavy (non-hydrogen) atoms. The average Bonchev–Trinajstić information content (AvgIpc) is 2.60. The quantitative estimate of drug-likeness (QED) is 0.595. The van der Waals surface area contributed by atoms with E-state index in [2.05, 4.69) is 10.6 Å². The minimum atomic E-state index is -0.452. The van der Waals surface area contributed by atoms with Gasteiger partial charge < -0.3 is 10.4 Å². The first-order valence-electron chi connectivity index (χ1n) is 5.60. The van der Waals surface area contributed by atoms with Gasteiger partial charge in [-0.05, 0) is 12.8 Å². The molecule has 92 valence electrons. The van der Waals surface area contributed by atoms with Gasteiger partial charge in [-0.1, -0.05) is 6.92 Å². The Kier molecular flexibility index (Phi) is 5.21. The number of urea groups is 1. The molecule has 3 amide bonds. The standard InChI is InChI=1S/C10H19N3O3/c1-2-4-11-10(16)12-9(15)7-13-5-3-8(14)6-13/h8,14H,2-7H2,1H3,(H2,11,12,15,16). The monoisotopic (exact) mass is 229 g/mol. The number of nitrogens with zero attached hydrogens (tertiary/aromatic N) is 1. The number of imide groups is 1. The Morgan fingerprint density at radius 2 is 2.25 bits per heavy atom. The fraction of sp³-hybridized carbons (Fsp3) is 0.800. The first kappa shape index (κ1) is 12.9. The SMILES string of the molecule is CCCNC(=O)NC(=O)CN1CCC(O)C1. The van der Waals surface area contributed by atoms with Crippen molar-refractivity contribution in [3.63, 3.8) is 0 Å². The topological polar surface area (TPSA) is 81.7 Å². The number of hydrogen-bond acceptors (Lipinski definition) is 4. The van der Waals surface area contributed by atoms with Crippen LogP contribution in [0.2, 0.25) is 0 Å². The molecular weight excluding hydrogens is 210 g/mol. The summed E-state index contributed by atoms with van der Waals surface area (Å²) in [4.78, 5) is 24.4. The van der Waals surface area contributed by atoms with Crippen LogP contribution in [0.1, 0.15) is 19.8 Å². The Morgan fingerprint density at radius 1 is 1.50 bits per heavy atom. The lowest BCUT2D eigenvalue weighted by molar-refractivity contribution is -0.121. The number of carbonyl (C=O) groups excluding carboxylic acids is 2. The Balaban J connectivity index is 2.17. The second-order valence-corrected chi connectivity index (χ2v) is 3.98. The Labute approximate surface area is 95.0 Å². The molecule has 0 aromatic carbocycles. The third-order valence-electron chi connectivity index (χ3n) is 2.40. The Hall–Kier alpha value is -1.14. The molecule has 0 bridgehead atoms. The molecule has 0 spiro atoms. The maximum Gasteiger partial charge on any atom is 0.321 e. The van der Waals surface area contributed by atoms with E-state index in [1.165, 1.54) is 0 Å². The molecule has 1 atom stereocenters. The summed E-state index contributed by atoms with van der Waals surface area (Å²) >= 11 is 0. The highest BCUT2D eigenvalue weighted by atomic mass is 16.3. The van der Waals surface area contributed by atoms with Crippen molar-refractivity contribution < 1.29 is 14.7 Å². The summed E-state index contributed by atoms with van der Waals surface area (Å²) < 4.78 is 0. The molecule has 0 aromatic heterocycles. The predicted molar refractivity (Wildman–Crippen MR) is 58.9 cm³/mol. The van der Waals surface area contributed by atoms with Gasteiger partial charge in [0.15, 0.2) is 0 Å². The maximum absolute atomic E-state index is 11.4. The van der Waals surface area contributed by atoms with Gasteiger partial charge in [-0.2, -0.15) is 0 Å². The van der Waals surface area contributed by atoms with Crippen LogP contribution < -0.4 is 10.6 Å². The zero-order valence-corrected chi connectivity index (χ0v) is 9.53. The molecular formula is C10H19N3O3. The van der Waals surface area contributed by atoms with Gasteiger partial charge in [-0.3, -0.25) is 15.0 Å². The number of rotatable bonds is 4. The van der Waals surface area contributed by atoms with Crippen LogP contribution in [0.15, 0.2) is 0 Å². The van der Waals surface area contributed by atoms with E-state index in [0.717, 1.165) is 6.42 Å². The molecule has 0 aliphatic carbocycles. The fourth-order valence-corrected chi connectivity index (χ4v) is 1.61. The van der Waals surface area contributed by atoms with Crippen LogP contribution in [0, 0.1) is 0 Å². The minimum Gasteiger partial charge on any atom is -0.392 e. The molecule has 3 N–H and O–H groups in total. The molecule has 6 heteroatoms. The summed E-state index contributed by atoms with van der Waals surface area (Å²) in [6, 6.07) is -0.452. The normalized spacial score (nSPS) is 20.8. The van der Waals surface area contributed by atoms with Crippen molar-refractivity contribution in [1.29, 1.82) is 0 Å². The summed E-state index contributed by atoms with van der Waals surface area (Å²) in [6.45, 7) is 3.86.